The molecule has 4 heteroatoms. The molecular formula is C15H24BrN3. The minimum Gasteiger partial charge on any atom is -0.365 e. The van der Waals surface area contributed by atoms with Crippen molar-refractivity contribution in [3.05, 3.63) is 28.7 Å². The largest absolute Gasteiger partial charge is 0.365 e. The molecule has 1 fully saturated rings. The van der Waals surface area contributed by atoms with Crippen LogP contribution in [-0.2, 0) is 0 Å². The molecule has 1 aliphatic heterocycles. The predicted octanol–water partition coefficient (Wildman–Crippen LogP) is 2.43. The van der Waals surface area contributed by atoms with Gasteiger partial charge in [-0.3, -0.25) is 0 Å². The van der Waals surface area contributed by atoms with Crippen LogP contribution in [0.5, 0.6) is 0 Å². The molecule has 0 aliphatic carbocycles. The van der Waals surface area contributed by atoms with Crippen LogP contribution in [0.3, 0.4) is 0 Å². The Morgan fingerprint density at radius 1 is 1.26 bits per heavy atom. The van der Waals surface area contributed by atoms with Crippen LogP contribution in [0.4, 0.5) is 5.69 Å². The molecule has 0 spiro atoms. The maximum atomic E-state index is 3.70. The van der Waals surface area contributed by atoms with Crippen molar-refractivity contribution in [3.8, 4) is 0 Å². The summed E-state index contributed by atoms with van der Waals surface area (Å²) in [7, 11) is 4.26. The third-order valence-corrected chi connectivity index (χ3v) is 4.37. The van der Waals surface area contributed by atoms with Gasteiger partial charge >= 0.3 is 0 Å². The van der Waals surface area contributed by atoms with Crippen molar-refractivity contribution >= 4 is 21.6 Å². The number of hydrogen-bond donors (Lipinski definition) is 1. The average Bonchev–Trinajstić information content (AvgIpc) is 2.49. The molecule has 0 aromatic heterocycles. The van der Waals surface area contributed by atoms with E-state index >= 15 is 0 Å². The van der Waals surface area contributed by atoms with Crippen molar-refractivity contribution in [2.75, 3.05) is 45.2 Å². The number of rotatable bonds is 3. The molecule has 1 heterocycles. The Kier molecular flexibility index (Phi) is 5.25. The Bertz CT molecular complexity index is 410. The van der Waals surface area contributed by atoms with E-state index in [4.69, 9.17) is 0 Å². The van der Waals surface area contributed by atoms with Crippen LogP contribution in [-0.4, -0.2) is 51.2 Å². The summed E-state index contributed by atoms with van der Waals surface area (Å²) < 4.78 is 1.19. The van der Waals surface area contributed by atoms with Crippen LogP contribution >= 0.6 is 15.9 Å². The average molecular weight is 326 g/mol. The van der Waals surface area contributed by atoms with E-state index in [-0.39, 0.29) is 0 Å². The molecular weight excluding hydrogens is 302 g/mol. The first-order chi connectivity index (χ1) is 9.11. The second-order valence-corrected chi connectivity index (χ2v) is 6.50. The van der Waals surface area contributed by atoms with E-state index in [2.05, 4.69) is 69.3 Å². The molecule has 0 radical (unpaired) electrons. The number of nitrogens with zero attached hydrogens (tertiary/aromatic N) is 2. The molecule has 0 amide bonds. The minimum atomic E-state index is 0.513. The first-order valence-corrected chi connectivity index (χ1v) is 7.75. The second kappa shape index (κ2) is 6.73. The van der Waals surface area contributed by atoms with Crippen LogP contribution in [0.1, 0.15) is 6.92 Å². The highest BCUT2D eigenvalue weighted by molar-refractivity contribution is 9.10. The number of nitrogens with one attached hydrogen (secondary N) is 1. The zero-order valence-electron chi connectivity index (χ0n) is 12.1. The Balaban J connectivity index is 2.29. The molecule has 2 unspecified atom stereocenters. The summed E-state index contributed by atoms with van der Waals surface area (Å²) in [5.74, 6) is 0.680. The number of para-hydroxylation sites is 1. The topological polar surface area (TPSA) is 18.5 Å². The van der Waals surface area contributed by atoms with Gasteiger partial charge in [-0.1, -0.05) is 19.1 Å². The van der Waals surface area contributed by atoms with E-state index in [0.29, 0.717) is 12.0 Å². The predicted molar refractivity (Wildman–Crippen MR) is 85.9 cm³/mol. The third kappa shape index (κ3) is 3.71. The first-order valence-electron chi connectivity index (χ1n) is 6.96. The highest BCUT2D eigenvalue weighted by Crippen LogP contribution is 2.29. The lowest BCUT2D eigenvalue weighted by Gasteiger charge is -2.34. The smallest absolute Gasteiger partial charge is 0.0541 e. The minimum absolute atomic E-state index is 0.513. The van der Waals surface area contributed by atoms with Crippen molar-refractivity contribution in [2.45, 2.75) is 13.0 Å². The van der Waals surface area contributed by atoms with Crippen molar-refractivity contribution < 1.29 is 0 Å². The van der Waals surface area contributed by atoms with Crippen LogP contribution in [0, 0.1) is 5.92 Å². The molecule has 1 N–H and O–H groups in total. The summed E-state index contributed by atoms with van der Waals surface area (Å²) in [5, 5.41) is 3.34. The lowest BCUT2D eigenvalue weighted by molar-refractivity contribution is 0.302. The molecule has 2 atom stereocenters. The van der Waals surface area contributed by atoms with E-state index in [9.17, 15) is 0 Å². The molecule has 1 saturated heterocycles. The summed E-state index contributed by atoms with van der Waals surface area (Å²) >= 11 is 3.70. The van der Waals surface area contributed by atoms with Gasteiger partial charge in [0.05, 0.1) is 11.7 Å². The summed E-state index contributed by atoms with van der Waals surface area (Å²) in [6.45, 7) is 6.73. The van der Waals surface area contributed by atoms with Gasteiger partial charge in [0.2, 0.25) is 0 Å². The SMILES string of the molecule is CNCC1CN(C)CC(C)CN1c1ccccc1Br. The maximum Gasteiger partial charge on any atom is 0.0541 e. The fourth-order valence-corrected chi connectivity index (χ4v) is 3.51. The summed E-state index contributed by atoms with van der Waals surface area (Å²) in [5.41, 5.74) is 1.31. The summed E-state index contributed by atoms with van der Waals surface area (Å²) in [6, 6.07) is 9.05. The maximum absolute atomic E-state index is 3.70. The summed E-state index contributed by atoms with van der Waals surface area (Å²) in [4.78, 5) is 5.00. The molecule has 19 heavy (non-hydrogen) atoms. The molecule has 0 bridgehead atoms. The zero-order valence-corrected chi connectivity index (χ0v) is 13.7. The third-order valence-electron chi connectivity index (χ3n) is 3.70. The lowest BCUT2D eigenvalue weighted by Crippen LogP contribution is -2.46. The first kappa shape index (κ1) is 14.8. The monoisotopic (exact) mass is 325 g/mol. The number of halogens is 1. The van der Waals surface area contributed by atoms with Gasteiger partial charge in [0.1, 0.15) is 0 Å². The Hall–Kier alpha value is -0.580. The number of anilines is 1. The quantitative estimate of drug-likeness (QED) is 0.920. The highest BCUT2D eigenvalue weighted by Gasteiger charge is 2.27. The molecule has 3 nitrogen and oxygen atoms in total. The molecule has 1 aromatic carbocycles. The second-order valence-electron chi connectivity index (χ2n) is 5.64. The van der Waals surface area contributed by atoms with Gasteiger partial charge in [-0.05, 0) is 48.1 Å². The van der Waals surface area contributed by atoms with Crippen molar-refractivity contribution in [2.24, 2.45) is 5.92 Å². The molecule has 0 saturated carbocycles. The van der Waals surface area contributed by atoms with Crippen LogP contribution in [0.25, 0.3) is 0 Å². The van der Waals surface area contributed by atoms with Gasteiger partial charge in [0.15, 0.2) is 0 Å². The van der Waals surface area contributed by atoms with E-state index in [1.807, 2.05) is 7.05 Å². The lowest BCUT2D eigenvalue weighted by atomic mass is 10.1. The Labute approximate surface area is 125 Å². The van der Waals surface area contributed by atoms with Gasteiger partial charge < -0.3 is 15.1 Å². The summed E-state index contributed by atoms with van der Waals surface area (Å²) in [6.07, 6.45) is 0. The van der Waals surface area contributed by atoms with Crippen molar-refractivity contribution in [1.29, 1.82) is 0 Å². The normalized spacial score (nSPS) is 25.4. The Morgan fingerprint density at radius 3 is 2.68 bits per heavy atom. The van der Waals surface area contributed by atoms with Gasteiger partial charge in [0.25, 0.3) is 0 Å². The van der Waals surface area contributed by atoms with E-state index in [0.717, 1.165) is 19.6 Å². The van der Waals surface area contributed by atoms with Crippen LogP contribution < -0.4 is 10.2 Å². The van der Waals surface area contributed by atoms with Gasteiger partial charge in [-0.2, -0.15) is 0 Å². The highest BCUT2D eigenvalue weighted by atomic mass is 79.9. The standard InChI is InChI=1S/C15H24BrN3/c1-12-9-18(3)11-13(8-17-2)19(10-12)15-7-5-4-6-14(15)16/h4-7,12-13,17H,8-11H2,1-3H3. The van der Waals surface area contributed by atoms with Gasteiger partial charge in [-0.25, -0.2) is 0 Å². The van der Waals surface area contributed by atoms with Crippen molar-refractivity contribution in [1.82, 2.24) is 10.2 Å². The Morgan fingerprint density at radius 2 is 2.00 bits per heavy atom. The van der Waals surface area contributed by atoms with Crippen LogP contribution in [0.2, 0.25) is 0 Å². The fourth-order valence-electron chi connectivity index (χ4n) is 3.00. The van der Waals surface area contributed by atoms with Crippen molar-refractivity contribution in [3.63, 3.8) is 0 Å². The van der Waals surface area contributed by atoms with Gasteiger partial charge in [0, 0.05) is 30.7 Å². The number of likely N-dealkylation sites (N-methyl/N-ethyl adjacent to an activating group) is 2. The van der Waals surface area contributed by atoms with E-state index in [1.165, 1.54) is 16.7 Å². The molecule has 1 aliphatic rings. The molecule has 1 aromatic rings. The number of hydrogen-bond acceptors (Lipinski definition) is 3. The number of benzene rings is 1. The fraction of sp³-hybridized carbons (Fsp3) is 0.600. The molecule has 2 rings (SSSR count). The molecule has 106 valence electrons. The zero-order chi connectivity index (χ0) is 13.8. The van der Waals surface area contributed by atoms with Gasteiger partial charge in [-0.15, -0.1) is 0 Å². The van der Waals surface area contributed by atoms with Crippen LogP contribution in [0.15, 0.2) is 28.7 Å². The van der Waals surface area contributed by atoms with E-state index in [1.54, 1.807) is 0 Å². The van der Waals surface area contributed by atoms with E-state index < -0.39 is 0 Å².